The van der Waals surface area contributed by atoms with Gasteiger partial charge in [-0.15, -0.1) is 0 Å². The van der Waals surface area contributed by atoms with Crippen LogP contribution in [0.1, 0.15) is 47.3 Å². The Hall–Kier alpha value is -2.36. The van der Waals surface area contributed by atoms with E-state index in [2.05, 4.69) is 48.5 Å². The van der Waals surface area contributed by atoms with E-state index in [4.69, 9.17) is 0 Å². The smallest absolute Gasteiger partial charge is 0.257 e. The van der Waals surface area contributed by atoms with Crippen molar-refractivity contribution in [1.29, 1.82) is 0 Å². The van der Waals surface area contributed by atoms with E-state index in [0.29, 0.717) is 11.6 Å². The fourth-order valence-corrected chi connectivity index (χ4v) is 2.59. The van der Waals surface area contributed by atoms with Crippen molar-refractivity contribution in [3.05, 3.63) is 52.8 Å². The highest BCUT2D eigenvalue weighted by molar-refractivity contribution is 6.05. The van der Waals surface area contributed by atoms with Crippen molar-refractivity contribution in [2.45, 2.75) is 47.1 Å². The number of hydrogen-bond donors (Lipinski definition) is 2. The minimum Gasteiger partial charge on any atom is -0.381 e. The molecule has 0 aliphatic rings. The van der Waals surface area contributed by atoms with Crippen molar-refractivity contribution in [2.24, 2.45) is 0 Å². The molecule has 0 saturated carbocycles. The van der Waals surface area contributed by atoms with Crippen LogP contribution in [0.4, 0.5) is 11.4 Å². The van der Waals surface area contributed by atoms with Gasteiger partial charge < -0.3 is 10.6 Å². The standard InChI is InChI=1S/C19H25N3O/c1-6-15(5)21-17-9-16(10-20-11-17)19(23)22-18-13(3)7-12(2)8-14(18)4/h7-11,15,21H,6H2,1-5H3,(H,22,23). The summed E-state index contributed by atoms with van der Waals surface area (Å²) in [5.74, 6) is -0.139. The third-order valence-electron chi connectivity index (χ3n) is 3.94. The van der Waals surface area contributed by atoms with Crippen LogP contribution < -0.4 is 10.6 Å². The molecule has 122 valence electrons. The lowest BCUT2D eigenvalue weighted by atomic mass is 10.0. The van der Waals surface area contributed by atoms with E-state index in [0.717, 1.165) is 28.9 Å². The summed E-state index contributed by atoms with van der Waals surface area (Å²) < 4.78 is 0. The maximum Gasteiger partial charge on any atom is 0.257 e. The molecule has 0 spiro atoms. The molecule has 1 unspecified atom stereocenters. The van der Waals surface area contributed by atoms with Gasteiger partial charge in [0.1, 0.15) is 0 Å². The fraction of sp³-hybridized carbons (Fsp3) is 0.368. The number of hydrogen-bond acceptors (Lipinski definition) is 3. The Morgan fingerprint density at radius 3 is 2.39 bits per heavy atom. The summed E-state index contributed by atoms with van der Waals surface area (Å²) in [5.41, 5.74) is 5.62. The van der Waals surface area contributed by atoms with Gasteiger partial charge in [-0.3, -0.25) is 9.78 Å². The van der Waals surface area contributed by atoms with Gasteiger partial charge in [0, 0.05) is 24.1 Å². The molecule has 2 aromatic rings. The van der Waals surface area contributed by atoms with Crippen LogP contribution in [0.5, 0.6) is 0 Å². The zero-order valence-electron chi connectivity index (χ0n) is 14.5. The minimum atomic E-state index is -0.139. The van der Waals surface area contributed by atoms with Gasteiger partial charge in [0.05, 0.1) is 11.3 Å². The lowest BCUT2D eigenvalue weighted by Gasteiger charge is -2.15. The Bertz CT molecular complexity index is 687. The summed E-state index contributed by atoms with van der Waals surface area (Å²) in [6.07, 6.45) is 4.35. The van der Waals surface area contributed by atoms with Gasteiger partial charge in [-0.25, -0.2) is 0 Å². The predicted octanol–water partition coefficient (Wildman–Crippen LogP) is 4.47. The summed E-state index contributed by atoms with van der Waals surface area (Å²) in [6.45, 7) is 10.3. The van der Waals surface area contributed by atoms with Crippen LogP contribution >= 0.6 is 0 Å². The number of nitrogens with zero attached hydrogens (tertiary/aromatic N) is 1. The molecule has 1 aromatic carbocycles. The third kappa shape index (κ3) is 4.31. The highest BCUT2D eigenvalue weighted by Crippen LogP contribution is 2.23. The molecule has 4 nitrogen and oxygen atoms in total. The number of rotatable bonds is 5. The maximum atomic E-state index is 12.5. The predicted molar refractivity (Wildman–Crippen MR) is 96.2 cm³/mol. The van der Waals surface area contributed by atoms with E-state index in [9.17, 15) is 4.79 Å². The number of benzene rings is 1. The summed E-state index contributed by atoms with van der Waals surface area (Å²) in [6, 6.07) is 6.33. The second kappa shape index (κ2) is 7.27. The third-order valence-corrected chi connectivity index (χ3v) is 3.94. The van der Waals surface area contributed by atoms with E-state index in [1.807, 2.05) is 19.9 Å². The highest BCUT2D eigenvalue weighted by atomic mass is 16.1. The number of aryl methyl sites for hydroxylation is 3. The molecule has 1 aromatic heterocycles. The fourth-order valence-electron chi connectivity index (χ4n) is 2.59. The van der Waals surface area contributed by atoms with Crippen LogP contribution in [0.15, 0.2) is 30.6 Å². The first-order chi connectivity index (χ1) is 10.9. The number of carbonyl (C=O) groups excluding carboxylic acids is 1. The van der Waals surface area contributed by atoms with E-state index < -0.39 is 0 Å². The molecule has 23 heavy (non-hydrogen) atoms. The van der Waals surface area contributed by atoms with Gasteiger partial charge in [0.2, 0.25) is 0 Å². The largest absolute Gasteiger partial charge is 0.381 e. The summed E-state index contributed by atoms with van der Waals surface area (Å²) in [5, 5.41) is 6.35. The van der Waals surface area contributed by atoms with Gasteiger partial charge in [-0.05, 0) is 51.3 Å². The molecular weight excluding hydrogens is 286 g/mol. The number of aromatic nitrogens is 1. The molecule has 4 heteroatoms. The van der Waals surface area contributed by atoms with E-state index in [1.54, 1.807) is 12.4 Å². The molecule has 0 aliphatic carbocycles. The lowest BCUT2D eigenvalue weighted by molar-refractivity contribution is 0.102. The second-order valence-corrected chi connectivity index (χ2v) is 6.14. The number of carbonyl (C=O) groups is 1. The lowest BCUT2D eigenvalue weighted by Crippen LogP contribution is -2.16. The number of nitrogens with one attached hydrogen (secondary N) is 2. The summed E-state index contributed by atoms with van der Waals surface area (Å²) >= 11 is 0. The molecule has 0 saturated heterocycles. The maximum absolute atomic E-state index is 12.5. The van der Waals surface area contributed by atoms with Crippen LogP contribution in [0, 0.1) is 20.8 Å². The van der Waals surface area contributed by atoms with Gasteiger partial charge in [0.25, 0.3) is 5.91 Å². The van der Waals surface area contributed by atoms with E-state index in [-0.39, 0.29) is 5.91 Å². The van der Waals surface area contributed by atoms with Gasteiger partial charge >= 0.3 is 0 Å². The molecule has 1 heterocycles. The normalized spacial score (nSPS) is 11.9. The molecular formula is C19H25N3O. The summed E-state index contributed by atoms with van der Waals surface area (Å²) in [7, 11) is 0. The quantitative estimate of drug-likeness (QED) is 0.856. The molecule has 1 amide bonds. The van der Waals surface area contributed by atoms with Gasteiger partial charge in [-0.1, -0.05) is 24.6 Å². The SMILES string of the molecule is CCC(C)Nc1cncc(C(=O)Nc2c(C)cc(C)cc2C)c1. The molecule has 2 rings (SSSR count). The van der Waals surface area contributed by atoms with E-state index >= 15 is 0 Å². The Morgan fingerprint density at radius 2 is 1.78 bits per heavy atom. The molecule has 0 bridgehead atoms. The van der Waals surface area contributed by atoms with Crippen LogP contribution in [0.3, 0.4) is 0 Å². The van der Waals surface area contributed by atoms with Crippen LogP contribution in [0.25, 0.3) is 0 Å². The number of anilines is 2. The van der Waals surface area contributed by atoms with Crippen LogP contribution in [0.2, 0.25) is 0 Å². The van der Waals surface area contributed by atoms with Gasteiger partial charge in [-0.2, -0.15) is 0 Å². The second-order valence-electron chi connectivity index (χ2n) is 6.14. The molecule has 0 radical (unpaired) electrons. The van der Waals surface area contributed by atoms with Crippen molar-refractivity contribution in [3.63, 3.8) is 0 Å². The molecule has 0 aliphatic heterocycles. The number of pyridine rings is 1. The molecule has 0 fully saturated rings. The number of amides is 1. The molecule has 1 atom stereocenters. The Kier molecular flexibility index (Phi) is 5.37. The molecule has 2 N–H and O–H groups in total. The van der Waals surface area contributed by atoms with Crippen molar-refractivity contribution in [3.8, 4) is 0 Å². The van der Waals surface area contributed by atoms with Gasteiger partial charge in [0.15, 0.2) is 0 Å². The first-order valence-corrected chi connectivity index (χ1v) is 8.01. The minimum absolute atomic E-state index is 0.139. The van der Waals surface area contributed by atoms with Crippen molar-refractivity contribution >= 4 is 17.3 Å². The monoisotopic (exact) mass is 311 g/mol. The summed E-state index contributed by atoms with van der Waals surface area (Å²) in [4.78, 5) is 16.7. The van der Waals surface area contributed by atoms with Crippen molar-refractivity contribution in [2.75, 3.05) is 10.6 Å². The average molecular weight is 311 g/mol. The van der Waals surface area contributed by atoms with Crippen LogP contribution in [-0.2, 0) is 0 Å². The van der Waals surface area contributed by atoms with Crippen LogP contribution in [-0.4, -0.2) is 16.9 Å². The van der Waals surface area contributed by atoms with Crippen molar-refractivity contribution in [1.82, 2.24) is 4.98 Å². The first-order valence-electron chi connectivity index (χ1n) is 8.01. The Morgan fingerprint density at radius 1 is 1.13 bits per heavy atom. The topological polar surface area (TPSA) is 54.0 Å². The Labute approximate surface area is 138 Å². The van der Waals surface area contributed by atoms with E-state index in [1.165, 1.54) is 5.56 Å². The average Bonchev–Trinajstić information content (AvgIpc) is 2.50. The first kappa shape index (κ1) is 17.0. The zero-order chi connectivity index (χ0) is 17.0. The highest BCUT2D eigenvalue weighted by Gasteiger charge is 2.12. The Balaban J connectivity index is 2.20. The van der Waals surface area contributed by atoms with Crippen molar-refractivity contribution < 1.29 is 4.79 Å². The zero-order valence-corrected chi connectivity index (χ0v) is 14.5.